The van der Waals surface area contributed by atoms with Crippen molar-refractivity contribution in [3.63, 3.8) is 0 Å². The van der Waals surface area contributed by atoms with Gasteiger partial charge in [-0.1, -0.05) is 0 Å². The molecular weight excluding hydrogens is 272 g/mol. The Labute approximate surface area is 98.3 Å². The molecule has 0 fully saturated rings. The topological polar surface area (TPSA) is 139 Å². The average molecular weight is 282 g/mol. The first-order valence-corrected chi connectivity index (χ1v) is 6.93. The highest BCUT2D eigenvalue weighted by Gasteiger charge is 2.21. The summed E-state index contributed by atoms with van der Waals surface area (Å²) >= 11 is 0. The third kappa shape index (κ3) is 3.00. The summed E-state index contributed by atoms with van der Waals surface area (Å²) in [5, 5.41) is 0. The Morgan fingerprint density at radius 2 is 1.24 bits per heavy atom. The molecule has 0 saturated heterocycles. The van der Waals surface area contributed by atoms with Crippen LogP contribution in [0.4, 0.5) is 0 Å². The molecule has 0 saturated carbocycles. The molecule has 0 unspecified atom stereocenters. The summed E-state index contributed by atoms with van der Waals surface area (Å²) in [6.45, 7) is 1.49. The van der Waals surface area contributed by atoms with Gasteiger partial charge in [-0.25, -0.2) is 0 Å². The first kappa shape index (κ1) is 14.0. The second kappa shape index (κ2) is 4.68. The predicted octanol–water partition coefficient (Wildman–Crippen LogP) is -0.847. The Hall–Kier alpha value is -1.04. The first-order chi connectivity index (χ1) is 7.73. The second-order valence-corrected chi connectivity index (χ2v) is 6.23. The number of hydrogen-bond acceptors (Lipinski definition) is 8. The zero-order valence-electron chi connectivity index (χ0n) is 8.65. The van der Waals surface area contributed by atoms with Crippen molar-refractivity contribution in [2.24, 2.45) is 11.8 Å². The summed E-state index contributed by atoms with van der Waals surface area (Å²) in [7, 11) is -8.39. The van der Waals surface area contributed by atoms with Crippen LogP contribution in [-0.4, -0.2) is 16.8 Å². The lowest BCUT2D eigenvalue weighted by Gasteiger charge is -2.06. The van der Waals surface area contributed by atoms with E-state index >= 15 is 0 Å². The molecule has 0 aliphatic heterocycles. The van der Waals surface area contributed by atoms with E-state index in [0.29, 0.717) is 5.56 Å². The summed E-state index contributed by atoms with van der Waals surface area (Å²) in [5.41, 5.74) is 0.360. The zero-order chi connectivity index (χ0) is 13.3. The van der Waals surface area contributed by atoms with E-state index in [9.17, 15) is 16.8 Å². The fourth-order valence-corrected chi connectivity index (χ4v) is 2.61. The molecule has 0 radical (unpaired) electrons. The molecule has 4 N–H and O–H groups in total. The summed E-state index contributed by atoms with van der Waals surface area (Å²) < 4.78 is 52.8. The first-order valence-electron chi connectivity index (χ1n) is 4.11. The van der Waals surface area contributed by atoms with Crippen molar-refractivity contribution in [3.05, 3.63) is 23.8 Å². The molecule has 1 aromatic carbocycles. The van der Waals surface area contributed by atoms with E-state index in [4.69, 9.17) is 0 Å². The molecular formula is C7H10N2O6S2. The number of nitrogens with two attached hydrogens (primary N) is 2. The van der Waals surface area contributed by atoms with Gasteiger partial charge in [0.15, 0.2) is 0 Å². The van der Waals surface area contributed by atoms with Crippen LogP contribution in [0.2, 0.25) is 0 Å². The van der Waals surface area contributed by atoms with Crippen LogP contribution in [0.25, 0.3) is 0 Å². The molecule has 0 aromatic heterocycles. The minimum atomic E-state index is -4.19. The van der Waals surface area contributed by atoms with Gasteiger partial charge in [0.25, 0.3) is 0 Å². The Bertz CT molecular complexity index is 570. The molecule has 0 spiro atoms. The quantitative estimate of drug-likeness (QED) is 0.681. The highest BCUT2D eigenvalue weighted by molar-refractivity contribution is 7.87. The van der Waals surface area contributed by atoms with Crippen LogP contribution in [0, 0.1) is 6.92 Å². The standard InChI is InChI=1S/C7H10N2O6S2/c1-5-2-6(16(10,11)14-8)4-7(3-5)17(12,13)15-9/h2-4H,8-9H2,1H3. The minimum Gasteiger partial charge on any atom is -0.197 e. The lowest BCUT2D eigenvalue weighted by Crippen LogP contribution is -2.14. The third-order valence-corrected chi connectivity index (χ3v) is 3.99. The number of hydrogen-bond donors (Lipinski definition) is 2. The van der Waals surface area contributed by atoms with Crippen LogP contribution < -0.4 is 11.8 Å². The summed E-state index contributed by atoms with van der Waals surface area (Å²) in [4.78, 5) is -0.814. The Kier molecular flexibility index (Phi) is 3.86. The van der Waals surface area contributed by atoms with E-state index in [1.807, 2.05) is 0 Å². The van der Waals surface area contributed by atoms with Crippen LogP contribution in [0.5, 0.6) is 0 Å². The molecule has 0 atom stereocenters. The van der Waals surface area contributed by atoms with Crippen molar-refractivity contribution in [3.8, 4) is 0 Å². The molecule has 8 nitrogen and oxygen atoms in total. The van der Waals surface area contributed by atoms with Crippen LogP contribution in [0.3, 0.4) is 0 Å². The van der Waals surface area contributed by atoms with Crippen molar-refractivity contribution < 1.29 is 25.4 Å². The van der Waals surface area contributed by atoms with E-state index in [-0.39, 0.29) is 0 Å². The van der Waals surface area contributed by atoms with E-state index in [1.165, 1.54) is 19.1 Å². The fraction of sp³-hybridized carbons (Fsp3) is 0.143. The maximum Gasteiger partial charge on any atom is 0.312 e. The SMILES string of the molecule is Cc1cc(S(=O)(=O)ON)cc(S(=O)(=O)ON)c1. The Balaban J connectivity index is 3.51. The van der Waals surface area contributed by atoms with E-state index in [0.717, 1.165) is 6.07 Å². The minimum absolute atomic E-state index is 0.360. The van der Waals surface area contributed by atoms with Crippen LogP contribution in [0.1, 0.15) is 5.56 Å². The Morgan fingerprint density at radius 1 is 0.882 bits per heavy atom. The Morgan fingerprint density at radius 3 is 1.53 bits per heavy atom. The highest BCUT2D eigenvalue weighted by atomic mass is 32.2. The van der Waals surface area contributed by atoms with Crippen molar-refractivity contribution in [1.29, 1.82) is 0 Å². The normalized spacial score (nSPS) is 12.6. The van der Waals surface area contributed by atoms with E-state index in [2.05, 4.69) is 20.4 Å². The van der Waals surface area contributed by atoms with Gasteiger partial charge in [0.2, 0.25) is 0 Å². The summed E-state index contributed by atoms with van der Waals surface area (Å²) in [6, 6.07) is 3.22. The molecule has 10 heteroatoms. The molecule has 17 heavy (non-hydrogen) atoms. The van der Waals surface area contributed by atoms with Crippen LogP contribution in [-0.2, 0) is 28.8 Å². The fourth-order valence-electron chi connectivity index (χ4n) is 1.11. The third-order valence-electron chi connectivity index (χ3n) is 1.86. The summed E-state index contributed by atoms with van der Waals surface area (Å²) in [6.07, 6.45) is 0. The molecule has 0 heterocycles. The van der Waals surface area contributed by atoms with Gasteiger partial charge in [-0.3, -0.25) is 0 Å². The second-order valence-electron chi connectivity index (χ2n) is 3.08. The lowest BCUT2D eigenvalue weighted by molar-refractivity contribution is 0.331. The van der Waals surface area contributed by atoms with Gasteiger partial charge in [-0.15, -0.1) is 0 Å². The van der Waals surface area contributed by atoms with Gasteiger partial charge >= 0.3 is 20.2 Å². The van der Waals surface area contributed by atoms with Crippen molar-refractivity contribution >= 4 is 20.2 Å². The molecule has 1 aromatic rings. The lowest BCUT2D eigenvalue weighted by atomic mass is 10.2. The largest absolute Gasteiger partial charge is 0.312 e. The van der Waals surface area contributed by atoms with Crippen molar-refractivity contribution in [2.45, 2.75) is 16.7 Å². The number of benzene rings is 1. The van der Waals surface area contributed by atoms with Crippen molar-refractivity contribution in [1.82, 2.24) is 0 Å². The van der Waals surface area contributed by atoms with Crippen LogP contribution >= 0.6 is 0 Å². The molecule has 0 aliphatic rings. The number of aryl methyl sites for hydroxylation is 1. The molecule has 96 valence electrons. The maximum absolute atomic E-state index is 11.3. The van der Waals surface area contributed by atoms with Crippen molar-refractivity contribution in [2.75, 3.05) is 0 Å². The highest BCUT2D eigenvalue weighted by Crippen LogP contribution is 2.20. The monoisotopic (exact) mass is 282 g/mol. The van der Waals surface area contributed by atoms with Gasteiger partial charge in [0.1, 0.15) is 0 Å². The van der Waals surface area contributed by atoms with Gasteiger partial charge in [0.05, 0.1) is 9.79 Å². The maximum atomic E-state index is 11.3. The average Bonchev–Trinajstić information content (AvgIpc) is 2.28. The van der Waals surface area contributed by atoms with Gasteiger partial charge < -0.3 is 0 Å². The zero-order valence-corrected chi connectivity index (χ0v) is 10.3. The van der Waals surface area contributed by atoms with Crippen LogP contribution in [0.15, 0.2) is 28.0 Å². The van der Waals surface area contributed by atoms with E-state index < -0.39 is 30.0 Å². The smallest absolute Gasteiger partial charge is 0.197 e. The number of rotatable bonds is 4. The van der Waals surface area contributed by atoms with E-state index in [1.54, 1.807) is 0 Å². The molecule has 1 rings (SSSR count). The molecule has 0 aliphatic carbocycles. The predicted molar refractivity (Wildman–Crippen MR) is 56.1 cm³/mol. The molecule has 0 bridgehead atoms. The van der Waals surface area contributed by atoms with Gasteiger partial charge in [-0.2, -0.15) is 37.2 Å². The van der Waals surface area contributed by atoms with Gasteiger partial charge in [0, 0.05) is 0 Å². The molecule has 0 amide bonds. The summed E-state index contributed by atoms with van der Waals surface area (Å²) in [5.74, 6) is 9.17. The van der Waals surface area contributed by atoms with Gasteiger partial charge in [-0.05, 0) is 30.7 Å².